The summed E-state index contributed by atoms with van der Waals surface area (Å²) in [6, 6.07) is 2.91. The number of aromatic nitrogens is 2. The van der Waals surface area contributed by atoms with Gasteiger partial charge in [0.05, 0.1) is 36.2 Å². The molecule has 1 aromatic heterocycles. The second-order valence-electron chi connectivity index (χ2n) is 9.75. The molecule has 2 aromatic rings. The van der Waals surface area contributed by atoms with Gasteiger partial charge in [-0.2, -0.15) is 0 Å². The van der Waals surface area contributed by atoms with E-state index in [9.17, 15) is 9.59 Å². The predicted octanol–water partition coefficient (Wildman–Crippen LogP) is 4.87. The molecule has 1 saturated heterocycles. The SMILES string of the molecule is CC(=N)/C(C=O)=C\O.COC(=O)C1CCCN1c1ccc2[nH]c(C(N)C3CCCCCCC3)nc2c1F. The highest BCUT2D eigenvalue weighted by Gasteiger charge is 2.34. The normalized spacial score (nSPS) is 19.9. The van der Waals surface area contributed by atoms with E-state index in [0.29, 0.717) is 54.0 Å². The summed E-state index contributed by atoms with van der Waals surface area (Å²) in [6.07, 6.45) is 11.0. The van der Waals surface area contributed by atoms with E-state index in [4.69, 9.17) is 21.0 Å². The smallest absolute Gasteiger partial charge is 0.328 e. The molecule has 0 spiro atoms. The molecule has 0 bridgehead atoms. The van der Waals surface area contributed by atoms with Crippen LogP contribution in [0.5, 0.6) is 0 Å². The number of fused-ring (bicyclic) bond motifs is 1. The highest BCUT2D eigenvalue weighted by atomic mass is 19.1. The molecule has 2 unspecified atom stereocenters. The number of nitrogens with one attached hydrogen (secondary N) is 2. The number of halogens is 1. The molecule has 0 amide bonds. The number of H-pyrrole nitrogens is 1. The number of ether oxygens (including phenoxy) is 1. The fourth-order valence-electron chi connectivity index (χ4n) is 5.15. The van der Waals surface area contributed by atoms with E-state index in [2.05, 4.69) is 9.97 Å². The van der Waals surface area contributed by atoms with E-state index in [1.807, 2.05) is 6.07 Å². The second-order valence-corrected chi connectivity index (χ2v) is 9.75. The van der Waals surface area contributed by atoms with Gasteiger partial charge in [0.15, 0.2) is 12.1 Å². The average molecular weight is 516 g/mol. The van der Waals surface area contributed by atoms with Crippen LogP contribution in [0.1, 0.15) is 76.6 Å². The van der Waals surface area contributed by atoms with Crippen molar-refractivity contribution < 1.29 is 23.8 Å². The number of allylic oxidation sites excluding steroid dienone is 1. The van der Waals surface area contributed by atoms with Gasteiger partial charge >= 0.3 is 5.97 Å². The first-order chi connectivity index (χ1) is 17.8. The number of methoxy groups -OCH3 is 1. The number of nitrogens with two attached hydrogens (primary N) is 1. The minimum atomic E-state index is -0.442. The maximum atomic E-state index is 15.4. The predicted molar refractivity (Wildman–Crippen MR) is 141 cm³/mol. The van der Waals surface area contributed by atoms with Crippen molar-refractivity contribution >= 4 is 34.7 Å². The average Bonchev–Trinajstić information content (AvgIpc) is 3.52. The minimum Gasteiger partial charge on any atom is -0.515 e. The Hall–Kier alpha value is -3.27. The van der Waals surface area contributed by atoms with Crippen molar-refractivity contribution in [3.63, 3.8) is 0 Å². The summed E-state index contributed by atoms with van der Waals surface area (Å²) in [5, 5.41) is 15.0. The van der Waals surface area contributed by atoms with Crippen LogP contribution in [0.3, 0.4) is 0 Å². The number of aldehydes is 1. The fraction of sp³-hybridized carbons (Fsp3) is 0.556. The number of anilines is 1. The first-order valence-corrected chi connectivity index (χ1v) is 13.0. The number of esters is 1. The third-order valence-electron chi connectivity index (χ3n) is 7.30. The van der Waals surface area contributed by atoms with Crippen LogP contribution < -0.4 is 10.6 Å². The van der Waals surface area contributed by atoms with Crippen LogP contribution in [0.2, 0.25) is 0 Å². The van der Waals surface area contributed by atoms with Gasteiger partial charge in [-0.15, -0.1) is 0 Å². The summed E-state index contributed by atoms with van der Waals surface area (Å²) < 4.78 is 20.3. The van der Waals surface area contributed by atoms with Gasteiger partial charge in [0, 0.05) is 12.3 Å². The fourth-order valence-corrected chi connectivity index (χ4v) is 5.15. The van der Waals surface area contributed by atoms with Gasteiger partial charge in [-0.25, -0.2) is 14.2 Å². The highest BCUT2D eigenvalue weighted by Crippen LogP contribution is 2.35. The minimum absolute atomic E-state index is 0.0185. The molecule has 1 aromatic carbocycles. The van der Waals surface area contributed by atoms with Gasteiger partial charge < -0.3 is 30.9 Å². The Morgan fingerprint density at radius 1 is 1.24 bits per heavy atom. The van der Waals surface area contributed by atoms with E-state index in [0.717, 1.165) is 19.3 Å². The molecule has 37 heavy (non-hydrogen) atoms. The number of imidazole rings is 1. The molecule has 1 saturated carbocycles. The number of benzene rings is 1. The largest absolute Gasteiger partial charge is 0.515 e. The monoisotopic (exact) mass is 515 g/mol. The Bertz CT molecular complexity index is 1120. The van der Waals surface area contributed by atoms with Gasteiger partial charge in [0.1, 0.15) is 17.4 Å². The van der Waals surface area contributed by atoms with Crippen LogP contribution in [-0.2, 0) is 14.3 Å². The maximum absolute atomic E-state index is 15.4. The second kappa shape index (κ2) is 13.3. The molecule has 2 aliphatic rings. The van der Waals surface area contributed by atoms with Gasteiger partial charge in [-0.3, -0.25) is 4.79 Å². The molecule has 1 aliphatic carbocycles. The zero-order valence-corrected chi connectivity index (χ0v) is 21.6. The summed E-state index contributed by atoms with van der Waals surface area (Å²) >= 11 is 0. The molecule has 2 heterocycles. The zero-order valence-electron chi connectivity index (χ0n) is 21.6. The van der Waals surface area contributed by atoms with Crippen LogP contribution in [0, 0.1) is 17.1 Å². The Labute approximate surface area is 216 Å². The highest BCUT2D eigenvalue weighted by molar-refractivity contribution is 6.11. The number of carbonyl (C=O) groups is 2. The zero-order chi connectivity index (χ0) is 26.9. The van der Waals surface area contributed by atoms with Gasteiger partial charge in [0.25, 0.3) is 0 Å². The van der Waals surface area contributed by atoms with Crippen molar-refractivity contribution in [2.45, 2.75) is 76.8 Å². The van der Waals surface area contributed by atoms with Gasteiger partial charge in [0.2, 0.25) is 0 Å². The molecule has 202 valence electrons. The third-order valence-corrected chi connectivity index (χ3v) is 7.30. The number of rotatable bonds is 6. The van der Waals surface area contributed by atoms with Gasteiger partial charge in [-0.05, 0) is 50.7 Å². The lowest BCUT2D eigenvalue weighted by Gasteiger charge is -2.25. The standard InChI is InChI=1S/C22H31FN4O2.C5H7NO2/c1-29-22(28)17-10-7-13-27(17)16-12-11-15-20(18(16)23)26-21(25-15)19(24)14-8-5-3-2-4-6-9-14;1-4(6)5(2-7)3-8/h11-12,14,17,19H,2-10,13,24H2,1H3,(H,25,26);2-3,6-7H,1H3/b;5-2-,6-4?. The summed E-state index contributed by atoms with van der Waals surface area (Å²) in [7, 11) is 1.37. The molecule has 10 heteroatoms. The summed E-state index contributed by atoms with van der Waals surface area (Å²) in [4.78, 5) is 31.5. The van der Waals surface area contributed by atoms with Crippen LogP contribution in [0.15, 0.2) is 24.0 Å². The molecule has 2 fully saturated rings. The molecule has 2 atom stereocenters. The lowest BCUT2D eigenvalue weighted by molar-refractivity contribution is -0.141. The van der Waals surface area contributed by atoms with Crippen molar-refractivity contribution in [1.29, 1.82) is 5.41 Å². The van der Waals surface area contributed by atoms with Crippen LogP contribution in [0.4, 0.5) is 10.1 Å². The summed E-state index contributed by atoms with van der Waals surface area (Å²) in [6.45, 7) is 2.05. The Morgan fingerprint density at radius 2 is 1.92 bits per heavy atom. The van der Waals surface area contributed by atoms with E-state index < -0.39 is 11.9 Å². The van der Waals surface area contributed by atoms with E-state index in [1.54, 1.807) is 11.0 Å². The van der Waals surface area contributed by atoms with Gasteiger partial charge in [-0.1, -0.05) is 32.1 Å². The molecule has 4 rings (SSSR count). The third kappa shape index (κ3) is 6.74. The summed E-state index contributed by atoms with van der Waals surface area (Å²) in [5.74, 6) is 0.315. The molecule has 9 nitrogen and oxygen atoms in total. The van der Waals surface area contributed by atoms with Crippen molar-refractivity contribution in [2.75, 3.05) is 18.6 Å². The van der Waals surface area contributed by atoms with Crippen molar-refractivity contribution in [2.24, 2.45) is 11.7 Å². The number of aliphatic hydroxyl groups excluding tert-OH is 1. The lowest BCUT2D eigenvalue weighted by atomic mass is 9.86. The topological polar surface area (TPSA) is 145 Å². The Kier molecular flexibility index (Phi) is 10.2. The number of aliphatic hydroxyl groups is 1. The molecule has 1 aliphatic heterocycles. The number of nitrogens with zero attached hydrogens (tertiary/aromatic N) is 2. The van der Waals surface area contributed by atoms with E-state index >= 15 is 4.39 Å². The molecule has 0 radical (unpaired) electrons. The molecular formula is C27H38FN5O4. The van der Waals surface area contributed by atoms with Crippen LogP contribution in [0.25, 0.3) is 11.0 Å². The number of hydrogen-bond acceptors (Lipinski definition) is 8. The Morgan fingerprint density at radius 3 is 2.49 bits per heavy atom. The maximum Gasteiger partial charge on any atom is 0.328 e. The molecule has 5 N–H and O–H groups in total. The first-order valence-electron chi connectivity index (χ1n) is 13.0. The quantitative estimate of drug-likeness (QED) is 0.141. The van der Waals surface area contributed by atoms with Crippen LogP contribution >= 0.6 is 0 Å². The van der Waals surface area contributed by atoms with E-state index in [-0.39, 0.29) is 23.3 Å². The van der Waals surface area contributed by atoms with Crippen molar-refractivity contribution in [3.8, 4) is 0 Å². The van der Waals surface area contributed by atoms with Crippen LogP contribution in [-0.4, -0.2) is 52.7 Å². The molecular weight excluding hydrogens is 477 g/mol. The van der Waals surface area contributed by atoms with Crippen molar-refractivity contribution in [3.05, 3.63) is 35.6 Å². The van der Waals surface area contributed by atoms with Crippen molar-refractivity contribution in [1.82, 2.24) is 9.97 Å². The summed E-state index contributed by atoms with van der Waals surface area (Å²) in [5.41, 5.74) is 8.00. The number of aromatic amines is 1. The first kappa shape index (κ1) is 28.3. The van der Waals surface area contributed by atoms with E-state index in [1.165, 1.54) is 46.1 Å². The number of hydrogen-bond donors (Lipinski definition) is 4. The number of carbonyl (C=O) groups excluding carboxylic acids is 2. The Balaban J connectivity index is 0.000000414. The lowest BCUT2D eigenvalue weighted by Crippen LogP contribution is -2.37.